The number of nitrogens with zero attached hydrogens (tertiary/aromatic N) is 2. The van der Waals surface area contributed by atoms with Crippen molar-refractivity contribution in [2.24, 2.45) is 34.4 Å². The highest BCUT2D eigenvalue weighted by molar-refractivity contribution is 14.0. The summed E-state index contributed by atoms with van der Waals surface area (Å²) in [6, 6.07) is 2.94. The molecule has 1 saturated heterocycles. The van der Waals surface area contributed by atoms with Gasteiger partial charge in [0.15, 0.2) is 5.96 Å². The van der Waals surface area contributed by atoms with Gasteiger partial charge in [0.05, 0.1) is 24.1 Å². The fraction of sp³-hybridized carbons (Fsp3) is 0.389. The molecule has 2 fully saturated rings. The molecule has 1 aromatic rings. The smallest absolute Gasteiger partial charge is 0.233 e. The topological polar surface area (TPSA) is 87.8 Å². The number of amides is 2. The van der Waals surface area contributed by atoms with E-state index >= 15 is 0 Å². The Kier molecular flexibility index (Phi) is 5.50. The number of imide groups is 1. The number of fused-ring (bicyclic) bond motifs is 5. The van der Waals surface area contributed by atoms with Gasteiger partial charge in [0.25, 0.3) is 0 Å². The number of benzene rings is 1. The predicted molar refractivity (Wildman–Crippen MR) is 106 cm³/mol. The van der Waals surface area contributed by atoms with Gasteiger partial charge in [0, 0.05) is 12.6 Å². The summed E-state index contributed by atoms with van der Waals surface area (Å²) in [6.45, 7) is 0.216. The number of carbonyl (C=O) groups is 2. The minimum Gasteiger partial charge on any atom is -0.370 e. The first-order valence-electron chi connectivity index (χ1n) is 8.51. The van der Waals surface area contributed by atoms with Crippen molar-refractivity contribution in [3.05, 3.63) is 42.0 Å². The van der Waals surface area contributed by atoms with Crippen molar-refractivity contribution >= 4 is 47.4 Å². The van der Waals surface area contributed by atoms with E-state index in [1.54, 1.807) is 0 Å². The first kappa shape index (κ1) is 19.7. The van der Waals surface area contributed by atoms with Crippen LogP contribution in [0.15, 0.2) is 35.3 Å². The Morgan fingerprint density at radius 2 is 1.81 bits per heavy atom. The molecule has 3 N–H and O–H groups in total. The van der Waals surface area contributed by atoms with Crippen molar-refractivity contribution in [2.45, 2.75) is 6.42 Å². The summed E-state index contributed by atoms with van der Waals surface area (Å²) in [4.78, 5) is 30.3. The first-order chi connectivity index (χ1) is 12.5. The van der Waals surface area contributed by atoms with Gasteiger partial charge in [-0.25, -0.2) is 8.78 Å². The number of hydrogen-bond acceptors (Lipinski definition) is 3. The van der Waals surface area contributed by atoms with Crippen molar-refractivity contribution < 1.29 is 18.4 Å². The summed E-state index contributed by atoms with van der Waals surface area (Å²) in [5.74, 6) is -1.82. The van der Waals surface area contributed by atoms with Crippen LogP contribution in [-0.2, 0) is 9.59 Å². The van der Waals surface area contributed by atoms with Crippen molar-refractivity contribution in [1.29, 1.82) is 0 Å². The number of hydrogen-bond donors (Lipinski definition) is 2. The van der Waals surface area contributed by atoms with Gasteiger partial charge in [-0.05, 0) is 30.4 Å². The van der Waals surface area contributed by atoms with E-state index in [2.05, 4.69) is 10.3 Å². The molecule has 2 aliphatic carbocycles. The molecule has 0 spiro atoms. The number of carbonyl (C=O) groups excluding carboxylic acids is 2. The third kappa shape index (κ3) is 3.44. The minimum atomic E-state index is -0.662. The van der Waals surface area contributed by atoms with Crippen LogP contribution in [0.5, 0.6) is 0 Å². The summed E-state index contributed by atoms with van der Waals surface area (Å²) in [5, 5.41) is 2.48. The maximum Gasteiger partial charge on any atom is 0.233 e. The maximum atomic E-state index is 13.6. The van der Waals surface area contributed by atoms with Gasteiger partial charge in [-0.2, -0.15) is 0 Å². The van der Waals surface area contributed by atoms with Crippen LogP contribution in [0.2, 0.25) is 0 Å². The minimum absolute atomic E-state index is 0. The van der Waals surface area contributed by atoms with E-state index in [4.69, 9.17) is 5.73 Å². The van der Waals surface area contributed by atoms with Gasteiger partial charge in [0.2, 0.25) is 11.8 Å². The number of nitrogens with two attached hydrogens (primary N) is 1. The summed E-state index contributed by atoms with van der Waals surface area (Å²) >= 11 is 0. The predicted octanol–water partition coefficient (Wildman–Crippen LogP) is 2.12. The number of rotatable bonds is 4. The normalized spacial score (nSPS) is 28.5. The second-order valence-electron chi connectivity index (χ2n) is 6.84. The molecule has 1 aliphatic heterocycles. The third-order valence-corrected chi connectivity index (χ3v) is 5.36. The van der Waals surface area contributed by atoms with Gasteiger partial charge in [-0.3, -0.25) is 19.5 Å². The van der Waals surface area contributed by atoms with Gasteiger partial charge in [-0.1, -0.05) is 12.2 Å². The van der Waals surface area contributed by atoms with Crippen LogP contribution in [0.3, 0.4) is 0 Å². The molecule has 2 bridgehead atoms. The summed E-state index contributed by atoms with van der Waals surface area (Å²) in [7, 11) is 0. The average molecular weight is 488 g/mol. The lowest BCUT2D eigenvalue weighted by atomic mass is 9.85. The van der Waals surface area contributed by atoms with Crippen molar-refractivity contribution in [3.8, 4) is 0 Å². The molecule has 27 heavy (non-hydrogen) atoms. The number of anilines is 1. The average Bonchev–Trinajstić information content (AvgIpc) is 3.27. The lowest BCUT2D eigenvalue weighted by Crippen LogP contribution is -2.35. The Morgan fingerprint density at radius 1 is 1.19 bits per heavy atom. The molecular weight excluding hydrogens is 469 g/mol. The van der Waals surface area contributed by atoms with Crippen LogP contribution >= 0.6 is 24.0 Å². The highest BCUT2D eigenvalue weighted by Crippen LogP contribution is 2.52. The summed E-state index contributed by atoms with van der Waals surface area (Å²) in [5.41, 5.74) is 5.55. The molecule has 144 valence electrons. The van der Waals surface area contributed by atoms with Gasteiger partial charge in [-0.15, -0.1) is 24.0 Å². The van der Waals surface area contributed by atoms with Crippen LogP contribution in [0, 0.1) is 35.3 Å². The van der Waals surface area contributed by atoms with Crippen molar-refractivity contribution in [1.82, 2.24) is 4.90 Å². The van der Waals surface area contributed by atoms with E-state index in [0.29, 0.717) is 0 Å². The highest BCUT2D eigenvalue weighted by Gasteiger charge is 2.58. The van der Waals surface area contributed by atoms with Crippen LogP contribution in [-0.4, -0.2) is 35.8 Å². The molecule has 4 rings (SSSR count). The fourth-order valence-electron chi connectivity index (χ4n) is 4.23. The molecule has 1 saturated carbocycles. The monoisotopic (exact) mass is 488 g/mol. The lowest BCUT2D eigenvalue weighted by molar-refractivity contribution is -0.140. The van der Waals surface area contributed by atoms with Crippen LogP contribution in [0.4, 0.5) is 14.5 Å². The van der Waals surface area contributed by atoms with Crippen LogP contribution in [0.25, 0.3) is 0 Å². The van der Waals surface area contributed by atoms with Crippen molar-refractivity contribution in [2.75, 3.05) is 18.4 Å². The number of guanidine groups is 1. The molecule has 4 unspecified atom stereocenters. The largest absolute Gasteiger partial charge is 0.370 e. The molecule has 1 heterocycles. The molecule has 3 aliphatic rings. The lowest BCUT2D eigenvalue weighted by Gasteiger charge is -2.16. The maximum absolute atomic E-state index is 13.6. The molecular formula is C18H19F2IN4O2. The Morgan fingerprint density at radius 3 is 2.44 bits per heavy atom. The van der Waals surface area contributed by atoms with E-state index in [-0.39, 0.29) is 84.2 Å². The standard InChI is InChI=1S/C18H18F2N4O2.HI/c19-11-3-4-12(20)13(8-11)23-18(21)22-5-6-24-16(25)14-9-1-2-10(7-9)15(14)17(24)26;/h1-4,8-10,14-15H,5-7H2,(H3,21,22,23);1H. The van der Waals surface area contributed by atoms with Gasteiger partial charge in [0.1, 0.15) is 11.6 Å². The molecule has 0 aromatic heterocycles. The highest BCUT2D eigenvalue weighted by atomic mass is 127. The second-order valence-corrected chi connectivity index (χ2v) is 6.84. The zero-order valence-corrected chi connectivity index (χ0v) is 16.6. The Bertz CT molecular complexity index is 815. The Labute approximate surface area is 171 Å². The summed E-state index contributed by atoms with van der Waals surface area (Å²) in [6.07, 6.45) is 4.96. The van der Waals surface area contributed by atoms with Crippen molar-refractivity contribution in [3.63, 3.8) is 0 Å². The van der Waals surface area contributed by atoms with E-state index in [0.717, 1.165) is 24.6 Å². The number of likely N-dealkylation sites (tertiary alicyclic amines) is 1. The molecule has 4 atom stereocenters. The molecule has 2 amide bonds. The van der Waals surface area contributed by atoms with Crippen LogP contribution in [0.1, 0.15) is 6.42 Å². The fourth-order valence-corrected chi connectivity index (χ4v) is 4.23. The van der Waals surface area contributed by atoms with E-state index in [1.807, 2.05) is 12.2 Å². The molecule has 0 radical (unpaired) electrons. The number of allylic oxidation sites excluding steroid dienone is 2. The van der Waals surface area contributed by atoms with Gasteiger partial charge >= 0.3 is 0 Å². The number of aliphatic imine (C=N–C) groups is 1. The Balaban J connectivity index is 0.00000210. The van der Waals surface area contributed by atoms with E-state index in [1.165, 1.54) is 4.90 Å². The number of nitrogens with one attached hydrogen (secondary N) is 1. The zero-order chi connectivity index (χ0) is 18.4. The van der Waals surface area contributed by atoms with Gasteiger partial charge < -0.3 is 11.1 Å². The zero-order valence-electron chi connectivity index (χ0n) is 14.3. The summed E-state index contributed by atoms with van der Waals surface area (Å²) < 4.78 is 26.7. The molecule has 1 aromatic carbocycles. The second kappa shape index (κ2) is 7.53. The molecule has 6 nitrogen and oxygen atoms in total. The van der Waals surface area contributed by atoms with E-state index < -0.39 is 11.6 Å². The van der Waals surface area contributed by atoms with E-state index in [9.17, 15) is 18.4 Å². The molecule has 9 heteroatoms. The van der Waals surface area contributed by atoms with Crippen LogP contribution < -0.4 is 11.1 Å². The SMILES string of the molecule is I.NC(=NCCN1C(=O)C2C3C=CC(C3)C2C1=O)Nc1cc(F)ccc1F. The quantitative estimate of drug-likeness (QED) is 0.224. The number of halogens is 3. The first-order valence-corrected chi connectivity index (χ1v) is 8.51. The third-order valence-electron chi connectivity index (χ3n) is 5.36. The Hall–Kier alpha value is -2.04.